The van der Waals surface area contributed by atoms with Crippen molar-refractivity contribution in [3.63, 3.8) is 0 Å². The molecule has 0 aliphatic heterocycles. The standard InChI is InChI=1S/C24H51N3O2/c1-3-5-7-9-11-14-18-25-19-16-13-17-23(24(29)27-21-22-28)26-20-15-12-10-8-6-4-2/h23,25-26,28H,3-22H2,1-2H3,(H,27,29)/t23-/m0/s1. The quantitative estimate of drug-likeness (QED) is 0.186. The largest absolute Gasteiger partial charge is 0.395 e. The smallest absolute Gasteiger partial charge is 0.237 e. The van der Waals surface area contributed by atoms with E-state index in [-0.39, 0.29) is 18.6 Å². The van der Waals surface area contributed by atoms with Gasteiger partial charge in [-0.3, -0.25) is 4.79 Å². The number of hydrogen-bond donors (Lipinski definition) is 4. The molecular weight excluding hydrogens is 362 g/mol. The third-order valence-electron chi connectivity index (χ3n) is 5.45. The number of aliphatic hydroxyl groups excluding tert-OH is 1. The van der Waals surface area contributed by atoms with E-state index in [2.05, 4.69) is 29.8 Å². The summed E-state index contributed by atoms with van der Waals surface area (Å²) in [6.07, 6.45) is 18.6. The van der Waals surface area contributed by atoms with Crippen molar-refractivity contribution >= 4 is 5.91 Å². The molecule has 0 unspecified atom stereocenters. The van der Waals surface area contributed by atoms with Crippen molar-refractivity contribution in [3.8, 4) is 0 Å². The normalized spacial score (nSPS) is 12.2. The summed E-state index contributed by atoms with van der Waals surface area (Å²) in [5, 5.41) is 18.7. The summed E-state index contributed by atoms with van der Waals surface area (Å²) in [7, 11) is 0. The summed E-state index contributed by atoms with van der Waals surface area (Å²) < 4.78 is 0. The van der Waals surface area contributed by atoms with Crippen molar-refractivity contribution in [1.82, 2.24) is 16.0 Å². The Balaban J connectivity index is 3.79. The van der Waals surface area contributed by atoms with Gasteiger partial charge in [-0.2, -0.15) is 0 Å². The van der Waals surface area contributed by atoms with E-state index in [9.17, 15) is 4.79 Å². The molecule has 0 aliphatic rings. The molecule has 5 nitrogen and oxygen atoms in total. The van der Waals surface area contributed by atoms with Gasteiger partial charge in [0.1, 0.15) is 0 Å². The number of carbonyl (C=O) groups is 1. The number of carbonyl (C=O) groups excluding carboxylic acids is 1. The summed E-state index contributed by atoms with van der Waals surface area (Å²) in [4.78, 5) is 12.3. The summed E-state index contributed by atoms with van der Waals surface area (Å²) in [5.41, 5.74) is 0. The molecule has 1 atom stereocenters. The van der Waals surface area contributed by atoms with Crippen molar-refractivity contribution in [2.24, 2.45) is 0 Å². The number of hydrogen-bond acceptors (Lipinski definition) is 4. The van der Waals surface area contributed by atoms with E-state index in [0.717, 1.165) is 45.3 Å². The predicted octanol–water partition coefficient (Wildman–Crippen LogP) is 4.53. The molecule has 0 aromatic rings. The van der Waals surface area contributed by atoms with Crippen LogP contribution in [0.3, 0.4) is 0 Å². The van der Waals surface area contributed by atoms with Gasteiger partial charge in [-0.05, 0) is 45.3 Å². The highest BCUT2D eigenvalue weighted by molar-refractivity contribution is 5.81. The highest BCUT2D eigenvalue weighted by Crippen LogP contribution is 2.06. The molecule has 1 amide bonds. The molecule has 29 heavy (non-hydrogen) atoms. The monoisotopic (exact) mass is 413 g/mol. The maximum absolute atomic E-state index is 12.3. The van der Waals surface area contributed by atoms with Crippen LogP contribution in [0.2, 0.25) is 0 Å². The minimum absolute atomic E-state index is 0.00173. The van der Waals surface area contributed by atoms with Crippen LogP contribution >= 0.6 is 0 Å². The van der Waals surface area contributed by atoms with Crippen molar-refractivity contribution in [2.45, 2.75) is 116 Å². The zero-order chi connectivity index (χ0) is 21.4. The molecule has 0 saturated carbocycles. The maximum Gasteiger partial charge on any atom is 0.237 e. The molecule has 174 valence electrons. The number of amides is 1. The highest BCUT2D eigenvalue weighted by atomic mass is 16.3. The van der Waals surface area contributed by atoms with Crippen LogP contribution in [0.1, 0.15) is 110 Å². The van der Waals surface area contributed by atoms with Crippen LogP contribution in [0.25, 0.3) is 0 Å². The Labute approximate surface area is 181 Å². The first-order chi connectivity index (χ1) is 14.3. The number of rotatable bonds is 23. The third kappa shape index (κ3) is 20.4. The van der Waals surface area contributed by atoms with Gasteiger partial charge in [-0.15, -0.1) is 0 Å². The van der Waals surface area contributed by atoms with E-state index in [1.54, 1.807) is 0 Å². The van der Waals surface area contributed by atoms with Gasteiger partial charge >= 0.3 is 0 Å². The number of aliphatic hydroxyl groups is 1. The molecule has 0 rings (SSSR count). The summed E-state index contributed by atoms with van der Waals surface area (Å²) in [6.45, 7) is 7.89. The Hall–Kier alpha value is -0.650. The van der Waals surface area contributed by atoms with Gasteiger partial charge in [0, 0.05) is 6.54 Å². The lowest BCUT2D eigenvalue weighted by Gasteiger charge is -2.18. The molecule has 0 aromatic heterocycles. The van der Waals surface area contributed by atoms with Gasteiger partial charge in [0.25, 0.3) is 0 Å². The van der Waals surface area contributed by atoms with E-state index in [4.69, 9.17) is 5.11 Å². The van der Waals surface area contributed by atoms with E-state index in [0.29, 0.717) is 6.54 Å². The van der Waals surface area contributed by atoms with Crippen LogP contribution in [-0.2, 0) is 4.79 Å². The molecule has 0 heterocycles. The molecule has 0 bridgehead atoms. The Bertz CT molecular complexity index is 340. The fourth-order valence-corrected chi connectivity index (χ4v) is 3.56. The molecule has 4 N–H and O–H groups in total. The fourth-order valence-electron chi connectivity index (χ4n) is 3.56. The average Bonchev–Trinajstić information content (AvgIpc) is 2.73. The van der Waals surface area contributed by atoms with Crippen molar-refractivity contribution in [3.05, 3.63) is 0 Å². The second kappa shape index (κ2) is 23.6. The lowest BCUT2D eigenvalue weighted by molar-refractivity contribution is -0.123. The summed E-state index contributed by atoms with van der Waals surface area (Å²) >= 11 is 0. The van der Waals surface area contributed by atoms with E-state index in [1.165, 1.54) is 70.6 Å². The van der Waals surface area contributed by atoms with Crippen LogP contribution in [0.4, 0.5) is 0 Å². The first-order valence-corrected chi connectivity index (χ1v) is 12.6. The minimum Gasteiger partial charge on any atom is -0.395 e. The zero-order valence-corrected chi connectivity index (χ0v) is 19.6. The van der Waals surface area contributed by atoms with Crippen molar-refractivity contribution in [2.75, 3.05) is 32.8 Å². The van der Waals surface area contributed by atoms with Crippen LogP contribution < -0.4 is 16.0 Å². The molecule has 0 fully saturated rings. The molecule has 0 saturated heterocycles. The summed E-state index contributed by atoms with van der Waals surface area (Å²) in [5.74, 6) is 0.0325. The minimum atomic E-state index is -0.129. The Morgan fingerprint density at radius 1 is 0.690 bits per heavy atom. The van der Waals surface area contributed by atoms with Crippen molar-refractivity contribution in [1.29, 1.82) is 0 Å². The van der Waals surface area contributed by atoms with Gasteiger partial charge in [0.15, 0.2) is 0 Å². The van der Waals surface area contributed by atoms with E-state index in [1.807, 2.05) is 0 Å². The van der Waals surface area contributed by atoms with Gasteiger partial charge in [-0.1, -0.05) is 84.5 Å². The van der Waals surface area contributed by atoms with Gasteiger partial charge in [0.05, 0.1) is 12.6 Å². The lowest BCUT2D eigenvalue weighted by Crippen LogP contribution is -2.45. The van der Waals surface area contributed by atoms with E-state index >= 15 is 0 Å². The Morgan fingerprint density at radius 3 is 1.79 bits per heavy atom. The molecule has 0 aromatic carbocycles. The molecule has 0 spiro atoms. The maximum atomic E-state index is 12.3. The topological polar surface area (TPSA) is 73.4 Å². The van der Waals surface area contributed by atoms with Gasteiger partial charge < -0.3 is 21.1 Å². The Kier molecular flexibility index (Phi) is 23.1. The molecular formula is C24H51N3O2. The van der Waals surface area contributed by atoms with Crippen LogP contribution in [0.15, 0.2) is 0 Å². The third-order valence-corrected chi connectivity index (χ3v) is 5.45. The average molecular weight is 414 g/mol. The first-order valence-electron chi connectivity index (χ1n) is 12.6. The second-order valence-electron chi connectivity index (χ2n) is 8.30. The predicted molar refractivity (Wildman–Crippen MR) is 125 cm³/mol. The summed E-state index contributed by atoms with van der Waals surface area (Å²) in [6, 6.07) is -0.129. The molecule has 0 aliphatic carbocycles. The lowest BCUT2D eigenvalue weighted by atomic mass is 10.1. The zero-order valence-electron chi connectivity index (χ0n) is 19.6. The van der Waals surface area contributed by atoms with Crippen LogP contribution in [-0.4, -0.2) is 49.8 Å². The molecule has 0 radical (unpaired) electrons. The second-order valence-corrected chi connectivity index (χ2v) is 8.30. The first kappa shape index (κ1) is 28.4. The number of nitrogens with one attached hydrogen (secondary N) is 3. The Morgan fingerprint density at radius 2 is 1.21 bits per heavy atom. The van der Waals surface area contributed by atoms with E-state index < -0.39 is 0 Å². The van der Waals surface area contributed by atoms with Crippen molar-refractivity contribution < 1.29 is 9.90 Å². The molecule has 5 heteroatoms. The highest BCUT2D eigenvalue weighted by Gasteiger charge is 2.16. The van der Waals surface area contributed by atoms with Gasteiger partial charge in [-0.25, -0.2) is 0 Å². The number of unbranched alkanes of at least 4 members (excludes halogenated alkanes) is 11. The van der Waals surface area contributed by atoms with Gasteiger partial charge in [0.2, 0.25) is 5.91 Å². The van der Waals surface area contributed by atoms with Crippen LogP contribution in [0.5, 0.6) is 0 Å². The SMILES string of the molecule is CCCCCCCCNCCCC[C@H](NCCCCCCCC)C(=O)NCCO. The fraction of sp³-hybridized carbons (Fsp3) is 0.958. The van der Waals surface area contributed by atoms with Crippen LogP contribution in [0, 0.1) is 0 Å².